The molecule has 26 heavy (non-hydrogen) atoms. The van der Waals surface area contributed by atoms with Crippen LogP contribution in [0.2, 0.25) is 0 Å². The molecule has 2 aromatic carbocycles. The Morgan fingerprint density at radius 1 is 1.19 bits per heavy atom. The molecule has 0 saturated heterocycles. The minimum Gasteiger partial charge on any atom is -0.497 e. The fourth-order valence-electron chi connectivity index (χ4n) is 3.49. The topological polar surface area (TPSA) is 64.4 Å². The number of hydrogen-bond donors (Lipinski definition) is 1. The molecule has 1 N–H and O–H groups in total. The van der Waals surface area contributed by atoms with Gasteiger partial charge in [-0.05, 0) is 54.7 Å². The molecule has 1 aliphatic rings. The number of ether oxygens (including phenoxy) is 1. The molecule has 0 saturated carbocycles. The maximum Gasteiger partial charge on any atom is 0.274 e. The van der Waals surface area contributed by atoms with Gasteiger partial charge in [-0.15, -0.1) is 0 Å². The van der Waals surface area contributed by atoms with E-state index in [9.17, 15) is 4.79 Å². The van der Waals surface area contributed by atoms with Crippen molar-refractivity contribution in [2.24, 2.45) is 0 Å². The van der Waals surface area contributed by atoms with Crippen LogP contribution in [0.15, 0.2) is 59.3 Å². The predicted octanol–water partition coefficient (Wildman–Crippen LogP) is 4.16. The summed E-state index contributed by atoms with van der Waals surface area (Å²) in [5, 5.41) is 3.12. The van der Waals surface area contributed by atoms with Gasteiger partial charge in [0.1, 0.15) is 5.75 Å². The highest BCUT2D eigenvalue weighted by atomic mass is 16.5. The van der Waals surface area contributed by atoms with Crippen LogP contribution >= 0.6 is 0 Å². The summed E-state index contributed by atoms with van der Waals surface area (Å²) in [6.45, 7) is 0. The number of aryl methyl sites for hydroxylation is 1. The molecule has 0 aliphatic heterocycles. The summed E-state index contributed by atoms with van der Waals surface area (Å²) in [6.07, 6.45) is 4.36. The summed E-state index contributed by atoms with van der Waals surface area (Å²) in [5.41, 5.74) is 3.59. The molecule has 4 rings (SSSR count). The highest BCUT2D eigenvalue weighted by Gasteiger charge is 2.25. The molecule has 1 aromatic heterocycles. The van der Waals surface area contributed by atoms with Gasteiger partial charge in [-0.25, -0.2) is 4.98 Å². The average molecular weight is 348 g/mol. The van der Waals surface area contributed by atoms with E-state index in [1.54, 1.807) is 7.11 Å². The molecule has 132 valence electrons. The van der Waals surface area contributed by atoms with Gasteiger partial charge in [-0.3, -0.25) is 4.79 Å². The van der Waals surface area contributed by atoms with Crippen LogP contribution in [-0.4, -0.2) is 18.0 Å². The zero-order chi connectivity index (χ0) is 17.9. The Morgan fingerprint density at radius 3 is 2.81 bits per heavy atom. The number of hydrogen-bond acceptors (Lipinski definition) is 4. The summed E-state index contributed by atoms with van der Waals surface area (Å²) in [6, 6.07) is 15.7. The molecule has 1 aliphatic carbocycles. The first-order chi connectivity index (χ1) is 12.8. The molecule has 0 spiro atoms. The molecule has 1 atom stereocenters. The van der Waals surface area contributed by atoms with Crippen molar-refractivity contribution in [1.82, 2.24) is 10.3 Å². The van der Waals surface area contributed by atoms with Crippen LogP contribution in [0.5, 0.6) is 5.75 Å². The minimum absolute atomic E-state index is 0.00728. The molecule has 5 heteroatoms. The number of aromatic nitrogens is 1. The third kappa shape index (κ3) is 3.08. The summed E-state index contributed by atoms with van der Waals surface area (Å²) >= 11 is 0. The number of amides is 1. The largest absolute Gasteiger partial charge is 0.497 e. The first-order valence-corrected chi connectivity index (χ1v) is 8.73. The third-order valence-electron chi connectivity index (χ3n) is 4.81. The molecule has 0 radical (unpaired) electrons. The lowest BCUT2D eigenvalue weighted by Gasteiger charge is -2.26. The van der Waals surface area contributed by atoms with Crippen LogP contribution in [-0.2, 0) is 6.42 Å². The van der Waals surface area contributed by atoms with Crippen molar-refractivity contribution < 1.29 is 13.9 Å². The van der Waals surface area contributed by atoms with E-state index in [4.69, 9.17) is 9.15 Å². The van der Waals surface area contributed by atoms with Gasteiger partial charge >= 0.3 is 0 Å². The second-order valence-corrected chi connectivity index (χ2v) is 6.38. The van der Waals surface area contributed by atoms with Gasteiger partial charge < -0.3 is 14.5 Å². The van der Waals surface area contributed by atoms with Crippen molar-refractivity contribution in [3.63, 3.8) is 0 Å². The van der Waals surface area contributed by atoms with E-state index in [1.807, 2.05) is 36.4 Å². The summed E-state index contributed by atoms with van der Waals surface area (Å²) in [5.74, 6) is 0.999. The van der Waals surface area contributed by atoms with E-state index in [0.717, 1.165) is 30.6 Å². The fraction of sp³-hybridized carbons (Fsp3) is 0.238. The van der Waals surface area contributed by atoms with Crippen LogP contribution in [0, 0.1) is 0 Å². The molecule has 3 aromatic rings. The normalized spacial score (nSPS) is 16.0. The van der Waals surface area contributed by atoms with Crippen molar-refractivity contribution >= 4 is 5.91 Å². The molecular weight excluding hydrogens is 328 g/mol. The van der Waals surface area contributed by atoms with Gasteiger partial charge in [0.05, 0.1) is 13.2 Å². The summed E-state index contributed by atoms with van der Waals surface area (Å²) in [4.78, 5) is 17.0. The summed E-state index contributed by atoms with van der Waals surface area (Å²) < 4.78 is 10.7. The second-order valence-electron chi connectivity index (χ2n) is 6.38. The molecule has 1 heterocycles. The number of benzene rings is 2. The Morgan fingerprint density at radius 2 is 2.00 bits per heavy atom. The quantitative estimate of drug-likeness (QED) is 0.769. The highest BCUT2D eigenvalue weighted by Crippen LogP contribution is 2.31. The van der Waals surface area contributed by atoms with Gasteiger partial charge in [-0.2, -0.15) is 0 Å². The predicted molar refractivity (Wildman–Crippen MR) is 98.1 cm³/mol. The lowest BCUT2D eigenvalue weighted by molar-refractivity contribution is 0.0928. The van der Waals surface area contributed by atoms with E-state index < -0.39 is 0 Å². The second kappa shape index (κ2) is 7.04. The Balaban J connectivity index is 1.58. The van der Waals surface area contributed by atoms with Crippen molar-refractivity contribution in [2.45, 2.75) is 25.3 Å². The first-order valence-electron chi connectivity index (χ1n) is 8.73. The average Bonchev–Trinajstić information content (AvgIpc) is 3.18. The molecule has 0 bridgehead atoms. The van der Waals surface area contributed by atoms with Crippen LogP contribution in [0.3, 0.4) is 0 Å². The molecule has 1 amide bonds. The van der Waals surface area contributed by atoms with Crippen LogP contribution in [0.4, 0.5) is 0 Å². The minimum atomic E-state index is -0.216. The fourth-order valence-corrected chi connectivity index (χ4v) is 3.49. The standard InChI is InChI=1S/C21H20N2O3/c1-25-16-11-9-15(10-12-16)20-19(22-13-26-20)21(24)23-18-8-4-6-14-5-2-3-7-17(14)18/h2-3,5,7,9-13,18H,4,6,8H2,1H3,(H,23,24)/t18-/m0/s1. The highest BCUT2D eigenvalue weighted by molar-refractivity contribution is 5.97. The number of rotatable bonds is 4. The SMILES string of the molecule is COc1ccc(-c2ocnc2C(=O)N[C@H]2CCCc3ccccc32)cc1. The lowest BCUT2D eigenvalue weighted by Crippen LogP contribution is -2.31. The smallest absolute Gasteiger partial charge is 0.274 e. The first kappa shape index (κ1) is 16.4. The van der Waals surface area contributed by atoms with E-state index in [0.29, 0.717) is 11.5 Å². The number of nitrogens with zero attached hydrogens (tertiary/aromatic N) is 1. The Hall–Kier alpha value is -3.08. The number of carbonyl (C=O) groups excluding carboxylic acids is 1. The molecule has 5 nitrogen and oxygen atoms in total. The van der Waals surface area contributed by atoms with Gasteiger partial charge in [-0.1, -0.05) is 24.3 Å². The number of fused-ring (bicyclic) bond motifs is 1. The Kier molecular flexibility index (Phi) is 4.44. The number of methoxy groups -OCH3 is 1. The van der Waals surface area contributed by atoms with Crippen LogP contribution < -0.4 is 10.1 Å². The molecular formula is C21H20N2O3. The van der Waals surface area contributed by atoms with Gasteiger partial charge in [0, 0.05) is 5.56 Å². The van der Waals surface area contributed by atoms with Crippen molar-refractivity contribution in [2.75, 3.05) is 7.11 Å². The van der Waals surface area contributed by atoms with Crippen LogP contribution in [0.1, 0.15) is 40.5 Å². The number of oxazole rings is 1. The van der Waals surface area contributed by atoms with Gasteiger partial charge in [0.25, 0.3) is 5.91 Å². The molecule has 0 fully saturated rings. The number of nitrogens with one attached hydrogen (secondary N) is 1. The maximum absolute atomic E-state index is 12.8. The Labute approximate surface area is 152 Å². The van der Waals surface area contributed by atoms with Gasteiger partial charge in [0.2, 0.25) is 0 Å². The van der Waals surface area contributed by atoms with Gasteiger partial charge in [0.15, 0.2) is 17.8 Å². The maximum atomic E-state index is 12.8. The van der Waals surface area contributed by atoms with E-state index in [-0.39, 0.29) is 11.9 Å². The zero-order valence-corrected chi connectivity index (χ0v) is 14.6. The zero-order valence-electron chi connectivity index (χ0n) is 14.6. The van der Waals surface area contributed by atoms with E-state index >= 15 is 0 Å². The van der Waals surface area contributed by atoms with Crippen molar-refractivity contribution in [3.8, 4) is 17.1 Å². The van der Waals surface area contributed by atoms with Crippen LogP contribution in [0.25, 0.3) is 11.3 Å². The lowest BCUT2D eigenvalue weighted by atomic mass is 9.87. The van der Waals surface area contributed by atoms with Crippen molar-refractivity contribution in [1.29, 1.82) is 0 Å². The monoisotopic (exact) mass is 348 g/mol. The molecule has 0 unspecified atom stereocenters. The summed E-state index contributed by atoms with van der Waals surface area (Å²) in [7, 11) is 1.62. The van der Waals surface area contributed by atoms with Crippen molar-refractivity contribution in [3.05, 3.63) is 71.7 Å². The Bertz CT molecular complexity index is 915. The number of carbonyl (C=O) groups is 1. The third-order valence-corrected chi connectivity index (χ3v) is 4.81. The van der Waals surface area contributed by atoms with E-state index in [1.165, 1.54) is 17.5 Å². The van der Waals surface area contributed by atoms with E-state index in [2.05, 4.69) is 22.4 Å².